The summed E-state index contributed by atoms with van der Waals surface area (Å²) in [6.45, 7) is 6.09. The Morgan fingerprint density at radius 1 is 1.03 bits per heavy atom. The van der Waals surface area contributed by atoms with Gasteiger partial charge in [-0.05, 0) is 68.1 Å². The minimum Gasteiger partial charge on any atom is -0.493 e. The molecular formula is C28H35Cl2N3O4. The summed E-state index contributed by atoms with van der Waals surface area (Å²) in [5.41, 5.74) is 1.42. The van der Waals surface area contributed by atoms with Crippen LogP contribution >= 0.6 is 23.2 Å². The molecule has 2 aromatic carbocycles. The second kappa shape index (κ2) is 12.9. The molecule has 9 heteroatoms. The van der Waals surface area contributed by atoms with E-state index in [1.54, 1.807) is 25.3 Å². The fraction of sp³-hybridized carbons (Fsp3) is 0.464. The summed E-state index contributed by atoms with van der Waals surface area (Å²) >= 11 is 12.1. The van der Waals surface area contributed by atoms with E-state index in [0.29, 0.717) is 35.2 Å². The number of halogens is 2. The first-order valence-corrected chi connectivity index (χ1v) is 13.4. The van der Waals surface area contributed by atoms with Crippen molar-refractivity contribution in [2.75, 3.05) is 33.4 Å². The number of ether oxygens (including phenoxy) is 3. The van der Waals surface area contributed by atoms with E-state index in [1.807, 2.05) is 30.1 Å². The van der Waals surface area contributed by atoms with Crippen molar-refractivity contribution >= 4 is 23.2 Å². The molecule has 1 saturated heterocycles. The zero-order chi connectivity index (χ0) is 26.3. The maximum Gasteiger partial charge on any atom is 0.161 e. The second-order valence-electron chi connectivity index (χ2n) is 9.69. The Kier molecular flexibility index (Phi) is 9.60. The molecule has 1 aliphatic rings. The summed E-state index contributed by atoms with van der Waals surface area (Å²) < 4.78 is 19.4. The highest BCUT2D eigenvalue weighted by Gasteiger charge is 2.31. The maximum atomic E-state index is 11.2. The molecule has 2 heterocycles. The molecule has 200 valence electrons. The van der Waals surface area contributed by atoms with Gasteiger partial charge in [0.05, 0.1) is 35.6 Å². The smallest absolute Gasteiger partial charge is 0.161 e. The number of likely N-dealkylation sites (tertiary alicyclic amines) is 1. The lowest BCUT2D eigenvalue weighted by molar-refractivity contribution is -0.0168. The van der Waals surface area contributed by atoms with Crippen LogP contribution in [0.15, 0.2) is 48.8 Å². The predicted octanol–water partition coefficient (Wildman–Crippen LogP) is 5.77. The molecule has 1 atom stereocenters. The standard InChI is InChI=1S/C28H35Cl2N3O4/c1-21-17-31-33(18-21)12-4-14-36-27-15-22(5-8-26(27)35-2)19-32-11-3-9-28(34,10-13-32)20-37-23-6-7-24(29)25(30)16-23/h5-8,15-18,34H,3-4,9-14,19-20H2,1-2H3/t28-/m0/s1. The highest BCUT2D eigenvalue weighted by atomic mass is 35.5. The fourth-order valence-corrected chi connectivity index (χ4v) is 4.80. The molecular weight excluding hydrogens is 513 g/mol. The molecule has 3 aromatic rings. The van der Waals surface area contributed by atoms with Crippen LogP contribution in [-0.2, 0) is 13.1 Å². The van der Waals surface area contributed by atoms with Crippen LogP contribution in [0.5, 0.6) is 17.2 Å². The van der Waals surface area contributed by atoms with Gasteiger partial charge in [0, 0.05) is 38.3 Å². The highest BCUT2D eigenvalue weighted by Crippen LogP contribution is 2.31. The summed E-state index contributed by atoms with van der Waals surface area (Å²) in [5, 5.41) is 16.4. The molecule has 37 heavy (non-hydrogen) atoms. The van der Waals surface area contributed by atoms with Crippen LogP contribution in [0.3, 0.4) is 0 Å². The topological polar surface area (TPSA) is 69.0 Å². The van der Waals surface area contributed by atoms with Gasteiger partial charge in [0.2, 0.25) is 0 Å². The monoisotopic (exact) mass is 547 g/mol. The van der Waals surface area contributed by atoms with E-state index in [1.165, 1.54) is 0 Å². The van der Waals surface area contributed by atoms with Crippen molar-refractivity contribution in [1.29, 1.82) is 0 Å². The van der Waals surface area contributed by atoms with E-state index in [0.717, 1.165) is 61.6 Å². The lowest BCUT2D eigenvalue weighted by atomic mass is 9.96. The van der Waals surface area contributed by atoms with E-state index in [2.05, 4.69) is 22.1 Å². The first kappa shape index (κ1) is 27.6. The van der Waals surface area contributed by atoms with Crippen molar-refractivity contribution in [2.45, 2.75) is 51.3 Å². The normalized spacial score (nSPS) is 18.4. The van der Waals surface area contributed by atoms with E-state index >= 15 is 0 Å². The first-order chi connectivity index (χ1) is 17.8. The zero-order valence-electron chi connectivity index (χ0n) is 21.5. The number of methoxy groups -OCH3 is 1. The molecule has 0 saturated carbocycles. The third kappa shape index (κ3) is 8.01. The first-order valence-electron chi connectivity index (χ1n) is 12.6. The summed E-state index contributed by atoms with van der Waals surface area (Å²) in [4.78, 5) is 2.36. The second-order valence-corrected chi connectivity index (χ2v) is 10.5. The predicted molar refractivity (Wildman–Crippen MR) is 146 cm³/mol. The van der Waals surface area contributed by atoms with Crippen molar-refractivity contribution in [3.63, 3.8) is 0 Å². The van der Waals surface area contributed by atoms with Crippen molar-refractivity contribution in [1.82, 2.24) is 14.7 Å². The van der Waals surface area contributed by atoms with Crippen LogP contribution in [-0.4, -0.2) is 58.8 Å². The van der Waals surface area contributed by atoms with Gasteiger partial charge in [-0.25, -0.2) is 0 Å². The lowest BCUT2D eigenvalue weighted by Crippen LogP contribution is -2.37. The van der Waals surface area contributed by atoms with E-state index in [-0.39, 0.29) is 6.61 Å². The third-order valence-electron chi connectivity index (χ3n) is 6.59. The minimum atomic E-state index is -0.887. The van der Waals surface area contributed by atoms with Gasteiger partial charge < -0.3 is 19.3 Å². The number of nitrogens with zero attached hydrogens (tertiary/aromatic N) is 3. The molecule has 0 unspecified atom stereocenters. The van der Waals surface area contributed by atoms with Gasteiger partial charge in [-0.2, -0.15) is 5.10 Å². The number of hydrogen-bond donors (Lipinski definition) is 1. The Bertz CT molecular complexity index is 1170. The van der Waals surface area contributed by atoms with E-state index < -0.39 is 5.60 Å². The van der Waals surface area contributed by atoms with Gasteiger partial charge >= 0.3 is 0 Å². The number of aliphatic hydroxyl groups is 1. The number of aromatic nitrogens is 2. The van der Waals surface area contributed by atoms with Gasteiger partial charge in [-0.15, -0.1) is 0 Å². The average Bonchev–Trinajstić information content (AvgIpc) is 3.21. The van der Waals surface area contributed by atoms with Crippen LogP contribution in [0.1, 0.15) is 36.8 Å². The largest absolute Gasteiger partial charge is 0.493 e. The number of hydrogen-bond acceptors (Lipinski definition) is 6. The molecule has 0 bridgehead atoms. The van der Waals surface area contributed by atoms with Gasteiger partial charge in [0.1, 0.15) is 12.4 Å². The summed E-state index contributed by atoms with van der Waals surface area (Å²) in [6.07, 6.45) is 6.93. The Morgan fingerprint density at radius 3 is 2.65 bits per heavy atom. The lowest BCUT2D eigenvalue weighted by Gasteiger charge is -2.27. The molecule has 1 N–H and O–H groups in total. The molecule has 1 aromatic heterocycles. The molecule has 1 aliphatic heterocycles. The number of rotatable bonds is 11. The molecule has 7 nitrogen and oxygen atoms in total. The fourth-order valence-electron chi connectivity index (χ4n) is 4.51. The highest BCUT2D eigenvalue weighted by molar-refractivity contribution is 6.42. The molecule has 0 amide bonds. The zero-order valence-corrected chi connectivity index (χ0v) is 23.0. The maximum absolute atomic E-state index is 11.2. The molecule has 0 radical (unpaired) electrons. The van der Waals surface area contributed by atoms with Crippen LogP contribution in [0, 0.1) is 6.92 Å². The Hall–Kier alpha value is -2.45. The molecule has 0 spiro atoms. The SMILES string of the molecule is COc1ccc(CN2CCC[C@@](O)(COc3ccc(Cl)c(Cl)c3)CC2)cc1OCCCn1cc(C)cn1. The van der Waals surface area contributed by atoms with Crippen molar-refractivity contribution in [3.8, 4) is 17.2 Å². The molecule has 1 fully saturated rings. The van der Waals surface area contributed by atoms with Crippen LogP contribution in [0.25, 0.3) is 0 Å². The van der Waals surface area contributed by atoms with Gasteiger partial charge in [0.15, 0.2) is 11.5 Å². The Balaban J connectivity index is 1.28. The third-order valence-corrected chi connectivity index (χ3v) is 7.33. The van der Waals surface area contributed by atoms with Gasteiger partial charge in [-0.3, -0.25) is 9.58 Å². The summed E-state index contributed by atoms with van der Waals surface area (Å²) in [7, 11) is 1.66. The molecule has 4 rings (SSSR count). The van der Waals surface area contributed by atoms with Crippen molar-refractivity contribution < 1.29 is 19.3 Å². The number of benzene rings is 2. The van der Waals surface area contributed by atoms with Crippen molar-refractivity contribution in [3.05, 3.63) is 70.0 Å². The van der Waals surface area contributed by atoms with Crippen LogP contribution < -0.4 is 14.2 Å². The Labute approximate surface area is 228 Å². The average molecular weight is 549 g/mol. The van der Waals surface area contributed by atoms with E-state index in [4.69, 9.17) is 37.4 Å². The number of aryl methyl sites for hydroxylation is 2. The van der Waals surface area contributed by atoms with Crippen LogP contribution in [0.2, 0.25) is 10.0 Å². The van der Waals surface area contributed by atoms with Crippen LogP contribution in [0.4, 0.5) is 0 Å². The van der Waals surface area contributed by atoms with Crippen molar-refractivity contribution in [2.24, 2.45) is 0 Å². The summed E-state index contributed by atoms with van der Waals surface area (Å²) in [5.74, 6) is 2.08. The quantitative estimate of drug-likeness (QED) is 0.307. The van der Waals surface area contributed by atoms with Gasteiger partial charge in [0.25, 0.3) is 0 Å². The van der Waals surface area contributed by atoms with Gasteiger partial charge in [-0.1, -0.05) is 29.3 Å². The minimum absolute atomic E-state index is 0.220. The Morgan fingerprint density at radius 2 is 1.89 bits per heavy atom. The van der Waals surface area contributed by atoms with E-state index in [9.17, 15) is 5.11 Å². The summed E-state index contributed by atoms with van der Waals surface area (Å²) in [6, 6.07) is 11.2. The molecule has 0 aliphatic carbocycles.